The van der Waals surface area contributed by atoms with Crippen LogP contribution in [0.15, 0.2) is 15.5 Å². The molecule has 0 saturated carbocycles. The van der Waals surface area contributed by atoms with E-state index in [1.54, 1.807) is 6.92 Å². The molecule has 1 rings (SSSR count). The number of rotatable bonds is 4. The van der Waals surface area contributed by atoms with E-state index >= 15 is 0 Å². The Bertz CT molecular complexity index is 465. The maximum atomic E-state index is 11.9. The average Bonchev–Trinajstić information content (AvgIpc) is 2.26. The van der Waals surface area contributed by atoms with Gasteiger partial charge in [-0.3, -0.25) is 9.36 Å². The zero-order valence-electron chi connectivity index (χ0n) is 11.2. The minimum Gasteiger partial charge on any atom is -0.390 e. The fraction of sp³-hybridized carbons (Fsp3) is 0.667. The summed E-state index contributed by atoms with van der Waals surface area (Å²) in [6, 6.07) is 0. The lowest BCUT2D eigenvalue weighted by Gasteiger charge is -2.23. The Balaban J connectivity index is 2.74. The van der Waals surface area contributed by atoms with Crippen molar-refractivity contribution in [2.75, 3.05) is 6.54 Å². The van der Waals surface area contributed by atoms with E-state index in [9.17, 15) is 9.90 Å². The first kappa shape index (κ1) is 15.3. The molecule has 102 valence electrons. The van der Waals surface area contributed by atoms with Crippen LogP contribution in [-0.2, 0) is 6.54 Å². The molecule has 0 bridgehead atoms. The minimum absolute atomic E-state index is 0.0590. The second-order valence-electron chi connectivity index (χ2n) is 5.35. The van der Waals surface area contributed by atoms with Gasteiger partial charge in [0.2, 0.25) is 0 Å². The maximum absolute atomic E-state index is 11.9. The van der Waals surface area contributed by atoms with E-state index in [0.717, 1.165) is 0 Å². The van der Waals surface area contributed by atoms with Gasteiger partial charge in [0.1, 0.15) is 10.3 Å². The van der Waals surface area contributed by atoms with Crippen LogP contribution in [0.25, 0.3) is 0 Å². The SMILES string of the molecule is Cc1ncc(Br)c(=O)n1CC(O)CNC(C)(C)C. The fourth-order valence-corrected chi connectivity index (χ4v) is 1.78. The molecule has 0 radical (unpaired) electrons. The van der Waals surface area contributed by atoms with E-state index in [4.69, 9.17) is 0 Å². The first-order chi connectivity index (χ1) is 8.20. The minimum atomic E-state index is -0.628. The van der Waals surface area contributed by atoms with Gasteiger partial charge in [0.15, 0.2) is 0 Å². The molecule has 1 atom stereocenters. The number of hydrogen-bond donors (Lipinski definition) is 2. The van der Waals surface area contributed by atoms with Gasteiger partial charge < -0.3 is 10.4 Å². The second kappa shape index (κ2) is 5.95. The van der Waals surface area contributed by atoms with Crippen molar-refractivity contribution in [3.05, 3.63) is 26.8 Å². The molecular weight excluding hydrogens is 298 g/mol. The molecule has 1 heterocycles. The zero-order chi connectivity index (χ0) is 13.9. The standard InChI is InChI=1S/C12H20BrN3O2/c1-8-14-6-10(13)11(18)16(8)7-9(17)5-15-12(2,3)4/h6,9,15,17H,5,7H2,1-4H3. The number of aromatic nitrogens is 2. The summed E-state index contributed by atoms with van der Waals surface area (Å²) in [5, 5.41) is 13.1. The van der Waals surface area contributed by atoms with Gasteiger partial charge in [0, 0.05) is 18.3 Å². The van der Waals surface area contributed by atoms with Gasteiger partial charge in [-0.15, -0.1) is 0 Å². The van der Waals surface area contributed by atoms with Crippen LogP contribution >= 0.6 is 15.9 Å². The van der Waals surface area contributed by atoms with Crippen LogP contribution in [0.3, 0.4) is 0 Å². The summed E-state index contributed by atoms with van der Waals surface area (Å²) in [5.74, 6) is 0.595. The van der Waals surface area contributed by atoms with Crippen molar-refractivity contribution < 1.29 is 5.11 Å². The zero-order valence-corrected chi connectivity index (χ0v) is 12.8. The molecular formula is C12H20BrN3O2. The molecule has 5 nitrogen and oxygen atoms in total. The first-order valence-electron chi connectivity index (χ1n) is 5.86. The lowest BCUT2D eigenvalue weighted by Crippen LogP contribution is -2.43. The summed E-state index contributed by atoms with van der Waals surface area (Å²) < 4.78 is 1.88. The highest BCUT2D eigenvalue weighted by atomic mass is 79.9. The maximum Gasteiger partial charge on any atom is 0.267 e. The van der Waals surface area contributed by atoms with Crippen molar-refractivity contribution in [3.8, 4) is 0 Å². The molecule has 0 aliphatic carbocycles. The summed E-state index contributed by atoms with van der Waals surface area (Å²) in [7, 11) is 0. The van der Waals surface area contributed by atoms with E-state index in [-0.39, 0.29) is 17.6 Å². The van der Waals surface area contributed by atoms with Gasteiger partial charge in [-0.2, -0.15) is 0 Å². The summed E-state index contributed by atoms with van der Waals surface area (Å²) >= 11 is 3.15. The summed E-state index contributed by atoms with van der Waals surface area (Å²) in [4.78, 5) is 16.0. The number of aliphatic hydroxyl groups is 1. The molecule has 2 N–H and O–H groups in total. The first-order valence-corrected chi connectivity index (χ1v) is 6.65. The van der Waals surface area contributed by atoms with E-state index in [0.29, 0.717) is 16.8 Å². The monoisotopic (exact) mass is 317 g/mol. The van der Waals surface area contributed by atoms with Crippen LogP contribution in [0.1, 0.15) is 26.6 Å². The highest BCUT2D eigenvalue weighted by molar-refractivity contribution is 9.10. The number of nitrogens with one attached hydrogen (secondary N) is 1. The van der Waals surface area contributed by atoms with E-state index in [1.165, 1.54) is 10.8 Å². The normalized spacial score (nSPS) is 13.7. The van der Waals surface area contributed by atoms with Gasteiger partial charge in [0.05, 0.1) is 12.6 Å². The average molecular weight is 318 g/mol. The molecule has 1 unspecified atom stereocenters. The van der Waals surface area contributed by atoms with Crippen LogP contribution in [0.2, 0.25) is 0 Å². The number of halogens is 1. The Morgan fingerprint density at radius 2 is 2.17 bits per heavy atom. The van der Waals surface area contributed by atoms with Crippen LogP contribution in [-0.4, -0.2) is 32.8 Å². The summed E-state index contributed by atoms with van der Waals surface area (Å²) in [6.07, 6.45) is 0.852. The smallest absolute Gasteiger partial charge is 0.267 e. The Kier molecular flexibility index (Phi) is 5.07. The number of β-amino-alcohol motifs (C(OH)–C–C–N with tert-alkyl or cyclic N) is 1. The highest BCUT2D eigenvalue weighted by Crippen LogP contribution is 2.03. The molecule has 0 spiro atoms. The largest absolute Gasteiger partial charge is 0.390 e. The third-order valence-corrected chi connectivity index (χ3v) is 3.01. The van der Waals surface area contributed by atoms with Gasteiger partial charge in [0.25, 0.3) is 5.56 Å². The fourth-order valence-electron chi connectivity index (χ4n) is 1.47. The molecule has 18 heavy (non-hydrogen) atoms. The Hall–Kier alpha value is -0.720. The molecule has 0 aliphatic rings. The van der Waals surface area contributed by atoms with Gasteiger partial charge in [-0.1, -0.05) is 0 Å². The van der Waals surface area contributed by atoms with Crippen LogP contribution < -0.4 is 10.9 Å². The quantitative estimate of drug-likeness (QED) is 0.871. The number of hydrogen-bond acceptors (Lipinski definition) is 4. The molecule has 0 aliphatic heterocycles. The lowest BCUT2D eigenvalue weighted by molar-refractivity contribution is 0.139. The predicted octanol–water partition coefficient (Wildman–Crippen LogP) is 1.06. The second-order valence-corrected chi connectivity index (χ2v) is 6.21. The molecule has 1 aromatic heterocycles. The molecule has 0 aromatic carbocycles. The molecule has 0 amide bonds. The number of aryl methyl sites for hydroxylation is 1. The van der Waals surface area contributed by atoms with Crippen LogP contribution in [0.4, 0.5) is 0 Å². The number of nitrogens with zero attached hydrogens (tertiary/aromatic N) is 2. The van der Waals surface area contributed by atoms with E-state index in [2.05, 4.69) is 26.2 Å². The van der Waals surface area contributed by atoms with Crippen molar-refractivity contribution in [3.63, 3.8) is 0 Å². The predicted molar refractivity (Wildman–Crippen MR) is 74.7 cm³/mol. The van der Waals surface area contributed by atoms with Gasteiger partial charge in [-0.25, -0.2) is 4.98 Å². The number of aliphatic hydroxyl groups excluding tert-OH is 1. The van der Waals surface area contributed by atoms with Crippen molar-refractivity contribution in [2.24, 2.45) is 0 Å². The van der Waals surface area contributed by atoms with Gasteiger partial charge in [-0.05, 0) is 43.6 Å². The van der Waals surface area contributed by atoms with E-state index in [1.807, 2.05) is 20.8 Å². The summed E-state index contributed by atoms with van der Waals surface area (Å²) in [6.45, 7) is 8.49. The van der Waals surface area contributed by atoms with Crippen molar-refractivity contribution in [1.29, 1.82) is 0 Å². The Morgan fingerprint density at radius 3 is 2.72 bits per heavy atom. The van der Waals surface area contributed by atoms with E-state index < -0.39 is 6.10 Å². The Labute approximate surface area is 115 Å². The van der Waals surface area contributed by atoms with Crippen LogP contribution in [0, 0.1) is 6.92 Å². The highest BCUT2D eigenvalue weighted by Gasteiger charge is 2.14. The Morgan fingerprint density at radius 1 is 1.56 bits per heavy atom. The van der Waals surface area contributed by atoms with Crippen molar-refractivity contribution >= 4 is 15.9 Å². The third-order valence-electron chi connectivity index (χ3n) is 2.47. The summed E-state index contributed by atoms with van der Waals surface area (Å²) in [5.41, 5.74) is -0.228. The lowest BCUT2D eigenvalue weighted by atomic mass is 10.1. The van der Waals surface area contributed by atoms with Gasteiger partial charge >= 0.3 is 0 Å². The molecule has 0 fully saturated rings. The molecule has 1 aromatic rings. The van der Waals surface area contributed by atoms with Crippen molar-refractivity contribution in [2.45, 2.75) is 45.9 Å². The topological polar surface area (TPSA) is 67.2 Å². The third kappa shape index (κ3) is 4.51. The molecule has 0 saturated heterocycles. The van der Waals surface area contributed by atoms with Crippen LogP contribution in [0.5, 0.6) is 0 Å². The van der Waals surface area contributed by atoms with Crippen molar-refractivity contribution in [1.82, 2.24) is 14.9 Å². The molecule has 6 heteroatoms.